The van der Waals surface area contributed by atoms with Crippen LogP contribution in [0.1, 0.15) is 12.5 Å². The second-order valence-electron chi connectivity index (χ2n) is 4.81. The van der Waals surface area contributed by atoms with Gasteiger partial charge in [0.05, 0.1) is 22.3 Å². The third kappa shape index (κ3) is 5.57. The summed E-state index contributed by atoms with van der Waals surface area (Å²) in [5, 5.41) is 8.00. The molecule has 3 nitrogen and oxygen atoms in total. The molecular weight excluding hydrogens is 351 g/mol. The van der Waals surface area contributed by atoms with Gasteiger partial charge in [-0.1, -0.05) is 41.4 Å². The highest BCUT2D eigenvalue weighted by Crippen LogP contribution is 2.24. The smallest absolute Gasteiger partial charge is 0.170 e. The van der Waals surface area contributed by atoms with Gasteiger partial charge in [0.15, 0.2) is 5.11 Å². The maximum Gasteiger partial charge on any atom is 0.170 e. The number of anilines is 1. The fourth-order valence-corrected chi connectivity index (χ4v) is 2.57. The molecule has 122 valence electrons. The maximum atomic E-state index is 6.01. The second kappa shape index (κ2) is 8.96. The number of ether oxygens (including phenoxy) is 1. The first kappa shape index (κ1) is 17.9. The summed E-state index contributed by atoms with van der Waals surface area (Å²) < 4.78 is 5.56. The molecule has 0 atom stereocenters. The lowest BCUT2D eigenvalue weighted by molar-refractivity contribution is 0.342. The normalized spacial score (nSPS) is 10.2. The van der Waals surface area contributed by atoms with E-state index in [1.165, 1.54) is 0 Å². The van der Waals surface area contributed by atoms with E-state index >= 15 is 0 Å². The van der Waals surface area contributed by atoms with Crippen LogP contribution < -0.4 is 15.4 Å². The lowest BCUT2D eigenvalue weighted by Gasteiger charge is -2.14. The number of thiocarbonyl (C=S) groups is 1. The Hall–Kier alpha value is -1.49. The van der Waals surface area contributed by atoms with Crippen LogP contribution in [0.15, 0.2) is 42.5 Å². The van der Waals surface area contributed by atoms with Gasteiger partial charge in [0.2, 0.25) is 0 Å². The van der Waals surface area contributed by atoms with Crippen molar-refractivity contribution in [3.05, 3.63) is 58.1 Å². The fraction of sp³-hybridized carbons (Fsp3) is 0.235. The highest BCUT2D eigenvalue weighted by atomic mass is 35.5. The highest BCUT2D eigenvalue weighted by molar-refractivity contribution is 7.80. The molecule has 2 rings (SSSR count). The molecule has 6 heteroatoms. The highest BCUT2D eigenvalue weighted by Gasteiger charge is 2.04. The molecule has 0 aromatic heterocycles. The Morgan fingerprint density at radius 3 is 2.65 bits per heavy atom. The van der Waals surface area contributed by atoms with Crippen LogP contribution in [0.3, 0.4) is 0 Å². The molecule has 0 amide bonds. The first-order chi connectivity index (χ1) is 11.1. The van der Waals surface area contributed by atoms with Gasteiger partial charge in [-0.25, -0.2) is 0 Å². The van der Waals surface area contributed by atoms with Crippen LogP contribution in [0.25, 0.3) is 0 Å². The molecule has 0 heterocycles. The van der Waals surface area contributed by atoms with Crippen LogP contribution in [-0.2, 0) is 6.42 Å². The van der Waals surface area contributed by atoms with E-state index in [4.69, 9.17) is 40.2 Å². The van der Waals surface area contributed by atoms with Crippen molar-refractivity contribution >= 4 is 46.2 Å². The average Bonchev–Trinajstić information content (AvgIpc) is 2.53. The van der Waals surface area contributed by atoms with Crippen molar-refractivity contribution in [2.24, 2.45) is 0 Å². The molecule has 2 aromatic rings. The van der Waals surface area contributed by atoms with E-state index in [2.05, 4.69) is 10.6 Å². The molecular formula is C17H18Cl2N2OS. The van der Waals surface area contributed by atoms with Crippen molar-refractivity contribution < 1.29 is 4.74 Å². The molecule has 0 aliphatic carbocycles. The van der Waals surface area contributed by atoms with Gasteiger partial charge in [-0.3, -0.25) is 0 Å². The van der Waals surface area contributed by atoms with Crippen LogP contribution in [0.5, 0.6) is 5.75 Å². The number of benzene rings is 2. The largest absolute Gasteiger partial charge is 0.492 e. The Kier molecular flexibility index (Phi) is 6.96. The summed E-state index contributed by atoms with van der Waals surface area (Å²) in [6, 6.07) is 13.3. The third-order valence-electron chi connectivity index (χ3n) is 3.12. The molecule has 0 spiro atoms. The zero-order valence-corrected chi connectivity index (χ0v) is 15.1. The summed E-state index contributed by atoms with van der Waals surface area (Å²) >= 11 is 17.2. The molecule has 2 N–H and O–H groups in total. The first-order valence-corrected chi connectivity index (χ1v) is 8.47. The first-order valence-electron chi connectivity index (χ1n) is 7.30. The standard InChI is InChI=1S/C17H18Cl2N2OS/c1-2-22-16-6-4-3-5-15(16)21-17(23)20-10-9-12-7-8-13(18)14(19)11-12/h3-8,11H,2,9-10H2,1H3,(H2,20,21,23). The van der Waals surface area contributed by atoms with E-state index in [0.29, 0.717) is 28.3 Å². The van der Waals surface area contributed by atoms with Crippen LogP contribution in [0.4, 0.5) is 5.69 Å². The monoisotopic (exact) mass is 368 g/mol. The summed E-state index contributed by atoms with van der Waals surface area (Å²) in [5.74, 6) is 0.781. The predicted molar refractivity (Wildman–Crippen MR) is 102 cm³/mol. The van der Waals surface area contributed by atoms with E-state index in [-0.39, 0.29) is 0 Å². The fourth-order valence-electron chi connectivity index (χ4n) is 2.03. The maximum absolute atomic E-state index is 6.01. The Morgan fingerprint density at radius 1 is 1.13 bits per heavy atom. The van der Waals surface area contributed by atoms with Gasteiger partial charge < -0.3 is 15.4 Å². The summed E-state index contributed by atoms with van der Waals surface area (Å²) in [4.78, 5) is 0. The number of rotatable bonds is 6. The third-order valence-corrected chi connectivity index (χ3v) is 4.10. The summed E-state index contributed by atoms with van der Waals surface area (Å²) in [6.45, 7) is 3.25. The summed E-state index contributed by atoms with van der Waals surface area (Å²) in [5.41, 5.74) is 1.95. The van der Waals surface area contributed by atoms with E-state index in [0.717, 1.165) is 23.4 Å². The second-order valence-corrected chi connectivity index (χ2v) is 6.03. The van der Waals surface area contributed by atoms with Crippen molar-refractivity contribution in [3.8, 4) is 5.75 Å². The summed E-state index contributed by atoms with van der Waals surface area (Å²) in [6.07, 6.45) is 0.797. The molecule has 2 aromatic carbocycles. The Labute approximate surface area is 151 Å². The molecule has 0 saturated carbocycles. The van der Waals surface area contributed by atoms with E-state index in [9.17, 15) is 0 Å². The lowest BCUT2D eigenvalue weighted by Crippen LogP contribution is -2.30. The number of hydrogen-bond donors (Lipinski definition) is 2. The minimum atomic E-state index is 0.553. The molecule has 0 aliphatic rings. The van der Waals surface area contributed by atoms with Gasteiger partial charge in [0.25, 0.3) is 0 Å². The number of halogens is 2. The molecule has 0 saturated heterocycles. The SMILES string of the molecule is CCOc1ccccc1NC(=S)NCCc1ccc(Cl)c(Cl)c1. The number of nitrogens with one attached hydrogen (secondary N) is 2. The van der Waals surface area contributed by atoms with E-state index < -0.39 is 0 Å². The molecule has 0 radical (unpaired) electrons. The van der Waals surface area contributed by atoms with Crippen LogP contribution >= 0.6 is 35.4 Å². The number of hydrogen-bond acceptors (Lipinski definition) is 2. The van der Waals surface area contributed by atoms with Crippen molar-refractivity contribution in [1.29, 1.82) is 0 Å². The quantitative estimate of drug-likeness (QED) is 0.708. The van der Waals surface area contributed by atoms with Crippen molar-refractivity contribution in [2.75, 3.05) is 18.5 Å². The van der Waals surface area contributed by atoms with E-state index in [1.807, 2.05) is 43.3 Å². The molecule has 23 heavy (non-hydrogen) atoms. The van der Waals surface area contributed by atoms with Gasteiger partial charge in [-0.05, 0) is 55.4 Å². The Morgan fingerprint density at radius 2 is 1.91 bits per heavy atom. The topological polar surface area (TPSA) is 33.3 Å². The average molecular weight is 369 g/mol. The predicted octanol–water partition coefficient (Wildman–Crippen LogP) is 4.92. The lowest BCUT2D eigenvalue weighted by atomic mass is 10.1. The molecule has 0 bridgehead atoms. The van der Waals surface area contributed by atoms with Gasteiger partial charge in [0, 0.05) is 6.54 Å². The summed E-state index contributed by atoms with van der Waals surface area (Å²) in [7, 11) is 0. The van der Waals surface area contributed by atoms with Gasteiger partial charge >= 0.3 is 0 Å². The Balaban J connectivity index is 1.84. The molecule has 0 unspecified atom stereocenters. The van der Waals surface area contributed by atoms with E-state index in [1.54, 1.807) is 6.07 Å². The van der Waals surface area contributed by atoms with Gasteiger partial charge in [-0.2, -0.15) is 0 Å². The molecule has 0 aliphatic heterocycles. The minimum Gasteiger partial charge on any atom is -0.492 e. The number of para-hydroxylation sites is 2. The van der Waals surface area contributed by atoms with Crippen LogP contribution in [0, 0.1) is 0 Å². The van der Waals surface area contributed by atoms with Crippen LogP contribution in [0.2, 0.25) is 10.0 Å². The van der Waals surface area contributed by atoms with Gasteiger partial charge in [0.1, 0.15) is 5.75 Å². The zero-order chi connectivity index (χ0) is 16.7. The Bertz CT molecular complexity index is 679. The molecule has 0 fully saturated rings. The minimum absolute atomic E-state index is 0.553. The van der Waals surface area contributed by atoms with Crippen LogP contribution in [-0.4, -0.2) is 18.3 Å². The zero-order valence-electron chi connectivity index (χ0n) is 12.7. The van der Waals surface area contributed by atoms with Gasteiger partial charge in [-0.15, -0.1) is 0 Å². The van der Waals surface area contributed by atoms with Crippen molar-refractivity contribution in [1.82, 2.24) is 5.32 Å². The van der Waals surface area contributed by atoms with Crippen molar-refractivity contribution in [2.45, 2.75) is 13.3 Å². The van der Waals surface area contributed by atoms with Crippen molar-refractivity contribution in [3.63, 3.8) is 0 Å².